The Bertz CT molecular complexity index is 714. The fraction of sp³-hybridized carbons (Fsp3) is 0.467. The van der Waals surface area contributed by atoms with Crippen LogP contribution in [0.1, 0.15) is 35.4 Å². The summed E-state index contributed by atoms with van der Waals surface area (Å²) in [7, 11) is 0. The molecule has 0 atom stereocenters. The molecule has 0 saturated carbocycles. The molecular formula is C15H16F3N5O. The number of alkyl halides is 3. The number of nitrogens with zero attached hydrogens (tertiary/aromatic N) is 4. The number of aromatic amines is 1. The second-order valence-corrected chi connectivity index (χ2v) is 5.69. The summed E-state index contributed by atoms with van der Waals surface area (Å²) in [6.45, 7) is 0.446. The van der Waals surface area contributed by atoms with Gasteiger partial charge in [-0.05, 0) is 30.0 Å². The van der Waals surface area contributed by atoms with Crippen LogP contribution in [0.5, 0.6) is 0 Å². The number of aromatic nitrogens is 4. The molecular weight excluding hydrogens is 323 g/mol. The number of halogens is 3. The predicted molar refractivity (Wildman–Crippen MR) is 77.7 cm³/mol. The summed E-state index contributed by atoms with van der Waals surface area (Å²) in [6, 6.07) is 4.19. The van der Waals surface area contributed by atoms with Crippen LogP contribution in [0.3, 0.4) is 0 Å². The fourth-order valence-corrected chi connectivity index (χ4v) is 2.90. The van der Waals surface area contributed by atoms with Gasteiger partial charge in [-0.2, -0.15) is 18.4 Å². The van der Waals surface area contributed by atoms with Crippen LogP contribution in [0.15, 0.2) is 18.2 Å². The highest BCUT2D eigenvalue weighted by Gasteiger charge is 2.36. The van der Waals surface area contributed by atoms with Gasteiger partial charge in [0.1, 0.15) is 0 Å². The minimum atomic E-state index is -4.41. The van der Waals surface area contributed by atoms with Crippen molar-refractivity contribution in [2.24, 2.45) is 0 Å². The summed E-state index contributed by atoms with van der Waals surface area (Å²) < 4.78 is 39.4. The first-order valence-electron chi connectivity index (χ1n) is 7.63. The summed E-state index contributed by atoms with van der Waals surface area (Å²) in [6.07, 6.45) is -2.69. The number of carbonyl (C=O) groups excluding carboxylic acids is 1. The van der Waals surface area contributed by atoms with Crippen molar-refractivity contribution < 1.29 is 18.0 Å². The van der Waals surface area contributed by atoms with Gasteiger partial charge in [-0.15, -0.1) is 10.2 Å². The van der Waals surface area contributed by atoms with Gasteiger partial charge in [0.2, 0.25) is 5.91 Å². The van der Waals surface area contributed by atoms with Gasteiger partial charge < -0.3 is 4.90 Å². The van der Waals surface area contributed by atoms with Gasteiger partial charge in [0.25, 0.3) is 0 Å². The summed E-state index contributed by atoms with van der Waals surface area (Å²) in [5.41, 5.74) is 0.229. The normalized spacial score (nSPS) is 14.5. The van der Waals surface area contributed by atoms with E-state index < -0.39 is 11.7 Å². The highest BCUT2D eigenvalue weighted by Crippen LogP contribution is 2.35. The SMILES string of the molecule is O=C(CCCc1nn[nH]n1)N1CCc2cccc(C(F)(F)F)c2C1. The van der Waals surface area contributed by atoms with E-state index in [0.717, 1.165) is 6.07 Å². The van der Waals surface area contributed by atoms with E-state index in [4.69, 9.17) is 0 Å². The molecule has 1 aromatic carbocycles. The number of tetrazole rings is 1. The summed E-state index contributed by atoms with van der Waals surface area (Å²) in [5, 5.41) is 13.4. The molecule has 6 nitrogen and oxygen atoms in total. The van der Waals surface area contributed by atoms with Crippen molar-refractivity contribution in [3.63, 3.8) is 0 Å². The average Bonchev–Trinajstić information content (AvgIpc) is 3.06. The number of benzene rings is 1. The van der Waals surface area contributed by atoms with Crippen molar-refractivity contribution in [3.8, 4) is 0 Å². The quantitative estimate of drug-likeness (QED) is 0.926. The minimum absolute atomic E-state index is 0.00601. The number of hydrogen-bond acceptors (Lipinski definition) is 4. The molecule has 2 heterocycles. The minimum Gasteiger partial charge on any atom is -0.338 e. The number of carbonyl (C=O) groups is 1. The van der Waals surface area contributed by atoms with Crippen molar-refractivity contribution >= 4 is 5.91 Å². The summed E-state index contributed by atoms with van der Waals surface area (Å²) in [4.78, 5) is 13.8. The molecule has 128 valence electrons. The Hall–Kier alpha value is -2.45. The maximum absolute atomic E-state index is 13.1. The topological polar surface area (TPSA) is 74.8 Å². The molecule has 0 fully saturated rings. The van der Waals surface area contributed by atoms with Crippen molar-refractivity contribution in [2.75, 3.05) is 6.54 Å². The van der Waals surface area contributed by atoms with Gasteiger partial charge in [-0.3, -0.25) is 4.79 Å². The Labute approximate surface area is 136 Å². The molecule has 1 amide bonds. The number of hydrogen-bond donors (Lipinski definition) is 1. The van der Waals surface area contributed by atoms with E-state index in [1.54, 1.807) is 6.07 Å². The standard InChI is InChI=1S/C15H16F3N5O/c16-15(17,18)12-4-1-3-10-7-8-23(9-11(10)12)14(24)6-2-5-13-19-21-22-20-13/h1,3-4H,2,5-9H2,(H,19,20,21,22). The Morgan fingerprint density at radius 2 is 2.17 bits per heavy atom. The second kappa shape index (κ2) is 6.58. The molecule has 0 radical (unpaired) electrons. The van der Waals surface area contributed by atoms with E-state index in [-0.39, 0.29) is 24.4 Å². The van der Waals surface area contributed by atoms with Crippen LogP contribution in [0.25, 0.3) is 0 Å². The maximum Gasteiger partial charge on any atom is 0.416 e. The molecule has 1 N–H and O–H groups in total. The average molecular weight is 339 g/mol. The Morgan fingerprint density at radius 3 is 2.88 bits per heavy atom. The van der Waals surface area contributed by atoms with E-state index in [1.165, 1.54) is 11.0 Å². The number of H-pyrrole nitrogens is 1. The third kappa shape index (κ3) is 3.55. The molecule has 0 saturated heterocycles. The monoisotopic (exact) mass is 339 g/mol. The summed E-state index contributed by atoms with van der Waals surface area (Å²) in [5.74, 6) is 0.368. The third-order valence-corrected chi connectivity index (χ3v) is 4.11. The largest absolute Gasteiger partial charge is 0.416 e. The molecule has 0 unspecified atom stereocenters. The lowest BCUT2D eigenvalue weighted by atomic mass is 9.94. The van der Waals surface area contributed by atoms with Crippen LogP contribution >= 0.6 is 0 Å². The fourth-order valence-electron chi connectivity index (χ4n) is 2.90. The van der Waals surface area contributed by atoms with Crippen LogP contribution in [-0.4, -0.2) is 38.0 Å². The van der Waals surface area contributed by atoms with E-state index >= 15 is 0 Å². The van der Waals surface area contributed by atoms with Gasteiger partial charge in [0.15, 0.2) is 5.82 Å². The van der Waals surface area contributed by atoms with E-state index in [2.05, 4.69) is 20.6 Å². The first-order chi connectivity index (χ1) is 11.4. The van der Waals surface area contributed by atoms with Crippen LogP contribution in [0.4, 0.5) is 13.2 Å². The van der Waals surface area contributed by atoms with Crippen molar-refractivity contribution in [2.45, 2.75) is 38.4 Å². The van der Waals surface area contributed by atoms with Crippen LogP contribution in [-0.2, 0) is 30.4 Å². The second-order valence-electron chi connectivity index (χ2n) is 5.69. The van der Waals surface area contributed by atoms with Gasteiger partial charge in [-0.1, -0.05) is 17.3 Å². The van der Waals surface area contributed by atoms with Gasteiger partial charge in [-0.25, -0.2) is 0 Å². The molecule has 0 spiro atoms. The van der Waals surface area contributed by atoms with Crippen LogP contribution in [0, 0.1) is 0 Å². The molecule has 2 aromatic rings. The Morgan fingerprint density at radius 1 is 1.33 bits per heavy atom. The van der Waals surface area contributed by atoms with Crippen molar-refractivity contribution in [1.29, 1.82) is 0 Å². The molecule has 24 heavy (non-hydrogen) atoms. The smallest absolute Gasteiger partial charge is 0.338 e. The van der Waals surface area contributed by atoms with Gasteiger partial charge in [0, 0.05) is 25.9 Å². The lowest BCUT2D eigenvalue weighted by Crippen LogP contribution is -2.37. The van der Waals surface area contributed by atoms with E-state index in [9.17, 15) is 18.0 Å². The molecule has 0 bridgehead atoms. The Balaban J connectivity index is 1.64. The van der Waals surface area contributed by atoms with Crippen molar-refractivity contribution in [3.05, 3.63) is 40.7 Å². The highest BCUT2D eigenvalue weighted by atomic mass is 19.4. The Kier molecular flexibility index (Phi) is 4.50. The first-order valence-corrected chi connectivity index (χ1v) is 7.63. The summed E-state index contributed by atoms with van der Waals surface area (Å²) >= 11 is 0. The van der Waals surface area contributed by atoms with Gasteiger partial charge >= 0.3 is 6.18 Å². The number of aryl methyl sites for hydroxylation is 1. The maximum atomic E-state index is 13.1. The molecule has 1 aromatic heterocycles. The van der Waals surface area contributed by atoms with Crippen molar-refractivity contribution in [1.82, 2.24) is 25.5 Å². The van der Waals surface area contributed by atoms with Crippen LogP contribution in [0.2, 0.25) is 0 Å². The first kappa shape index (κ1) is 16.4. The lowest BCUT2D eigenvalue weighted by Gasteiger charge is -2.31. The number of rotatable bonds is 4. The lowest BCUT2D eigenvalue weighted by molar-refractivity contribution is -0.140. The third-order valence-electron chi connectivity index (χ3n) is 4.11. The molecule has 9 heteroatoms. The zero-order valence-electron chi connectivity index (χ0n) is 12.8. The molecule has 3 rings (SSSR count). The van der Waals surface area contributed by atoms with Gasteiger partial charge in [0.05, 0.1) is 5.56 Å². The molecule has 1 aliphatic rings. The highest BCUT2D eigenvalue weighted by molar-refractivity contribution is 5.76. The number of amides is 1. The number of fused-ring (bicyclic) bond motifs is 1. The van der Waals surface area contributed by atoms with E-state index in [0.29, 0.717) is 37.2 Å². The predicted octanol–water partition coefficient (Wildman–Crippen LogP) is 2.13. The zero-order valence-corrected chi connectivity index (χ0v) is 12.8. The van der Waals surface area contributed by atoms with Crippen LogP contribution < -0.4 is 0 Å². The molecule has 1 aliphatic heterocycles. The zero-order chi connectivity index (χ0) is 17.2. The molecule has 0 aliphatic carbocycles. The number of nitrogens with one attached hydrogen (secondary N) is 1. The van der Waals surface area contributed by atoms with E-state index in [1.807, 2.05) is 0 Å².